The lowest BCUT2D eigenvalue weighted by atomic mass is 10.3. The molecule has 0 amide bonds. The van der Waals surface area contributed by atoms with Crippen LogP contribution in [0, 0.1) is 3.57 Å². The maximum atomic E-state index is 10.9. The number of rotatable bonds is 2. The van der Waals surface area contributed by atoms with Crippen LogP contribution in [0.15, 0.2) is 18.2 Å². The average molecular weight is 308 g/mol. The van der Waals surface area contributed by atoms with Gasteiger partial charge in [0.25, 0.3) is 0 Å². The van der Waals surface area contributed by atoms with E-state index < -0.39 is 6.16 Å². The minimum atomic E-state index is -0.759. The quantitative estimate of drug-likeness (QED) is 0.478. The molecule has 0 saturated carbocycles. The zero-order chi connectivity index (χ0) is 10.6. The van der Waals surface area contributed by atoms with E-state index in [0.29, 0.717) is 11.5 Å². The predicted molar refractivity (Wildman–Crippen MR) is 58.7 cm³/mol. The molecule has 76 valence electrons. The Kier molecular flexibility index (Phi) is 3.99. The zero-order valence-corrected chi connectivity index (χ0v) is 9.90. The number of halogens is 1. The van der Waals surface area contributed by atoms with Crippen molar-refractivity contribution in [1.29, 1.82) is 0 Å². The number of hydrogen-bond donors (Lipinski definition) is 0. The Balaban J connectivity index is 2.93. The molecule has 0 heterocycles. The number of methoxy groups -OCH3 is 2. The molecule has 4 nitrogen and oxygen atoms in total. The second kappa shape index (κ2) is 5.04. The first-order chi connectivity index (χ1) is 6.67. The average Bonchev–Trinajstić information content (AvgIpc) is 2.18. The largest absolute Gasteiger partial charge is 0.513 e. The van der Waals surface area contributed by atoms with Crippen molar-refractivity contribution >= 4 is 28.7 Å². The third-order valence-electron chi connectivity index (χ3n) is 1.49. The summed E-state index contributed by atoms with van der Waals surface area (Å²) in [5.41, 5.74) is 0. The Hall–Kier alpha value is -0.980. The van der Waals surface area contributed by atoms with Gasteiger partial charge in [0.05, 0.1) is 14.2 Å². The van der Waals surface area contributed by atoms with Gasteiger partial charge in [-0.3, -0.25) is 0 Å². The summed E-state index contributed by atoms with van der Waals surface area (Å²) in [6, 6.07) is 5.26. The highest BCUT2D eigenvalue weighted by Gasteiger charge is 2.09. The Labute approximate surface area is 95.3 Å². The molecule has 0 atom stereocenters. The van der Waals surface area contributed by atoms with Crippen LogP contribution in [0.5, 0.6) is 11.5 Å². The molecule has 0 aliphatic carbocycles. The van der Waals surface area contributed by atoms with Crippen LogP contribution in [0.2, 0.25) is 0 Å². The van der Waals surface area contributed by atoms with Gasteiger partial charge in [0.2, 0.25) is 0 Å². The fourth-order valence-electron chi connectivity index (χ4n) is 0.862. The van der Waals surface area contributed by atoms with Crippen molar-refractivity contribution in [2.75, 3.05) is 14.2 Å². The molecule has 1 aromatic carbocycles. The van der Waals surface area contributed by atoms with Crippen LogP contribution >= 0.6 is 22.6 Å². The second-order valence-corrected chi connectivity index (χ2v) is 3.60. The van der Waals surface area contributed by atoms with E-state index in [1.807, 2.05) is 6.07 Å². The summed E-state index contributed by atoms with van der Waals surface area (Å²) in [4.78, 5) is 10.9. The lowest BCUT2D eigenvalue weighted by molar-refractivity contribution is 0.120. The molecule has 14 heavy (non-hydrogen) atoms. The molecule has 0 aliphatic rings. The first kappa shape index (κ1) is 11.1. The van der Waals surface area contributed by atoms with E-state index in [4.69, 9.17) is 9.47 Å². The van der Waals surface area contributed by atoms with Crippen molar-refractivity contribution < 1.29 is 19.0 Å². The van der Waals surface area contributed by atoms with Crippen molar-refractivity contribution in [3.05, 3.63) is 21.8 Å². The van der Waals surface area contributed by atoms with Crippen molar-refractivity contribution in [3.8, 4) is 11.5 Å². The van der Waals surface area contributed by atoms with Gasteiger partial charge in [0.1, 0.15) is 0 Å². The molecule has 0 spiro atoms. The molecule has 1 aromatic rings. The van der Waals surface area contributed by atoms with Crippen LogP contribution in [0.3, 0.4) is 0 Å². The molecule has 0 N–H and O–H groups in total. The van der Waals surface area contributed by atoms with Gasteiger partial charge < -0.3 is 14.2 Å². The first-order valence-corrected chi connectivity index (χ1v) is 4.84. The van der Waals surface area contributed by atoms with Gasteiger partial charge in [0.15, 0.2) is 11.5 Å². The van der Waals surface area contributed by atoms with Crippen LogP contribution in [-0.2, 0) is 4.74 Å². The minimum absolute atomic E-state index is 0.353. The van der Waals surface area contributed by atoms with Crippen molar-refractivity contribution in [2.45, 2.75) is 0 Å². The topological polar surface area (TPSA) is 44.8 Å². The Morgan fingerprint density at radius 1 is 1.29 bits per heavy atom. The van der Waals surface area contributed by atoms with Crippen molar-refractivity contribution in [1.82, 2.24) is 0 Å². The Bertz CT molecular complexity index is 338. The number of benzene rings is 1. The number of hydrogen-bond acceptors (Lipinski definition) is 4. The second-order valence-electron chi connectivity index (χ2n) is 2.35. The lowest BCUT2D eigenvalue weighted by Gasteiger charge is -2.07. The molecular weight excluding hydrogens is 299 g/mol. The number of ether oxygens (including phenoxy) is 3. The van der Waals surface area contributed by atoms with Gasteiger partial charge in [-0.15, -0.1) is 0 Å². The maximum Gasteiger partial charge on any atom is 0.513 e. The monoisotopic (exact) mass is 308 g/mol. The smallest absolute Gasteiger partial charge is 0.493 e. The number of carbonyl (C=O) groups excluding carboxylic acids is 1. The molecule has 1 rings (SSSR count). The van der Waals surface area contributed by atoms with Crippen LogP contribution in [-0.4, -0.2) is 20.4 Å². The van der Waals surface area contributed by atoms with Gasteiger partial charge in [0, 0.05) is 3.57 Å². The van der Waals surface area contributed by atoms with Crippen LogP contribution in [0.25, 0.3) is 0 Å². The molecule has 0 aromatic heterocycles. The molecule has 0 unspecified atom stereocenters. The van der Waals surface area contributed by atoms with Gasteiger partial charge in [-0.1, -0.05) is 0 Å². The fourth-order valence-corrected chi connectivity index (χ4v) is 1.32. The van der Waals surface area contributed by atoms with Gasteiger partial charge in [-0.2, -0.15) is 0 Å². The molecule has 0 fully saturated rings. The Morgan fingerprint density at radius 2 is 2.00 bits per heavy atom. The SMILES string of the molecule is COC(=O)Oc1cc(I)ccc1OC. The van der Waals surface area contributed by atoms with E-state index in [1.165, 1.54) is 14.2 Å². The van der Waals surface area contributed by atoms with Gasteiger partial charge in [-0.25, -0.2) is 4.79 Å². The summed E-state index contributed by atoms with van der Waals surface area (Å²) < 4.78 is 15.2. The normalized spacial score (nSPS) is 9.36. The lowest BCUT2D eigenvalue weighted by Crippen LogP contribution is -2.08. The van der Waals surface area contributed by atoms with E-state index in [2.05, 4.69) is 27.3 Å². The summed E-state index contributed by atoms with van der Waals surface area (Å²) >= 11 is 2.11. The summed E-state index contributed by atoms with van der Waals surface area (Å²) in [6.07, 6.45) is -0.759. The maximum absolute atomic E-state index is 10.9. The zero-order valence-electron chi connectivity index (χ0n) is 7.74. The molecular formula is C9H9IO4. The van der Waals surface area contributed by atoms with Crippen LogP contribution in [0.4, 0.5) is 4.79 Å². The third kappa shape index (κ3) is 2.76. The van der Waals surface area contributed by atoms with Crippen molar-refractivity contribution in [3.63, 3.8) is 0 Å². The van der Waals surface area contributed by atoms with E-state index in [0.717, 1.165) is 3.57 Å². The highest BCUT2D eigenvalue weighted by molar-refractivity contribution is 14.1. The summed E-state index contributed by atoms with van der Waals surface area (Å²) in [5, 5.41) is 0. The van der Waals surface area contributed by atoms with Gasteiger partial charge >= 0.3 is 6.16 Å². The predicted octanol–water partition coefficient (Wildman–Crippen LogP) is 2.45. The van der Waals surface area contributed by atoms with E-state index >= 15 is 0 Å². The Morgan fingerprint density at radius 3 is 2.57 bits per heavy atom. The molecule has 5 heteroatoms. The van der Waals surface area contributed by atoms with Crippen molar-refractivity contribution in [2.24, 2.45) is 0 Å². The van der Waals surface area contributed by atoms with Crippen LogP contribution < -0.4 is 9.47 Å². The third-order valence-corrected chi connectivity index (χ3v) is 2.16. The highest BCUT2D eigenvalue weighted by Crippen LogP contribution is 2.28. The van der Waals surface area contributed by atoms with Gasteiger partial charge in [-0.05, 0) is 40.8 Å². The summed E-state index contributed by atoms with van der Waals surface area (Å²) in [6.45, 7) is 0. The fraction of sp³-hybridized carbons (Fsp3) is 0.222. The molecule has 0 bridgehead atoms. The summed E-state index contributed by atoms with van der Waals surface area (Å²) in [7, 11) is 2.76. The number of carbonyl (C=O) groups is 1. The highest BCUT2D eigenvalue weighted by atomic mass is 127. The molecule has 0 aliphatic heterocycles. The minimum Gasteiger partial charge on any atom is -0.493 e. The molecule has 0 radical (unpaired) electrons. The van der Waals surface area contributed by atoms with E-state index in [9.17, 15) is 4.79 Å². The van der Waals surface area contributed by atoms with Crippen LogP contribution in [0.1, 0.15) is 0 Å². The van der Waals surface area contributed by atoms with E-state index in [1.54, 1.807) is 12.1 Å². The molecule has 0 saturated heterocycles. The van der Waals surface area contributed by atoms with E-state index in [-0.39, 0.29) is 0 Å². The first-order valence-electron chi connectivity index (χ1n) is 3.76. The summed E-state index contributed by atoms with van der Waals surface area (Å²) in [5.74, 6) is 0.849. The standard InChI is InChI=1S/C9H9IO4/c1-12-7-4-3-6(10)5-8(7)14-9(11)13-2/h3-5H,1-2H3.